The number of carbonyl (C=O) groups excluding carboxylic acids is 2. The van der Waals surface area contributed by atoms with Crippen LogP contribution in [0, 0.1) is 20.8 Å². The Balaban J connectivity index is 3.63. The van der Waals surface area contributed by atoms with Crippen LogP contribution in [0.15, 0.2) is 0 Å². The zero-order chi connectivity index (χ0) is 15.6. The van der Waals surface area contributed by atoms with E-state index in [2.05, 4.69) is 0 Å². The highest BCUT2D eigenvalue weighted by molar-refractivity contribution is 6.00. The zero-order valence-corrected chi connectivity index (χ0v) is 13.2. The molecule has 1 rings (SSSR count). The molecule has 1 aromatic rings. The van der Waals surface area contributed by atoms with Gasteiger partial charge in [-0.25, -0.2) is 0 Å². The molecule has 0 N–H and O–H groups in total. The topological polar surface area (TPSA) is 52.6 Å². The number of Topliss-reactive ketones (excluding diaryl/α,β-unsaturated/α-hetero) is 1. The molecule has 0 atom stereocenters. The second-order valence-electron chi connectivity index (χ2n) is 5.22. The standard InChI is InChI=1S/C16H22O4/c1-8(2)19-16-10(4)9(3)15(20-13(7)18)11(5)14(16)12(6)17/h8H,1-7H3. The van der Waals surface area contributed by atoms with Gasteiger partial charge in [0.15, 0.2) is 5.78 Å². The fraction of sp³-hybridized carbons (Fsp3) is 0.500. The van der Waals surface area contributed by atoms with Gasteiger partial charge in [0.25, 0.3) is 0 Å². The monoisotopic (exact) mass is 278 g/mol. The summed E-state index contributed by atoms with van der Waals surface area (Å²) in [6.45, 7) is 12.2. The number of hydrogen-bond acceptors (Lipinski definition) is 4. The van der Waals surface area contributed by atoms with E-state index >= 15 is 0 Å². The summed E-state index contributed by atoms with van der Waals surface area (Å²) in [7, 11) is 0. The normalized spacial score (nSPS) is 10.6. The highest BCUT2D eigenvalue weighted by atomic mass is 16.5. The largest absolute Gasteiger partial charge is 0.490 e. The van der Waals surface area contributed by atoms with Gasteiger partial charge in [-0.15, -0.1) is 0 Å². The summed E-state index contributed by atoms with van der Waals surface area (Å²) in [5, 5.41) is 0. The van der Waals surface area contributed by atoms with Crippen molar-refractivity contribution in [1.29, 1.82) is 0 Å². The maximum atomic E-state index is 11.9. The predicted molar refractivity (Wildman–Crippen MR) is 77.7 cm³/mol. The van der Waals surface area contributed by atoms with Crippen LogP contribution >= 0.6 is 0 Å². The SMILES string of the molecule is CC(=O)Oc1c(C)c(C)c(OC(C)C)c(C(C)=O)c1C. The number of esters is 1. The van der Waals surface area contributed by atoms with Crippen molar-refractivity contribution in [3.05, 3.63) is 22.3 Å². The molecule has 0 saturated carbocycles. The van der Waals surface area contributed by atoms with Crippen molar-refractivity contribution in [3.8, 4) is 11.5 Å². The molecule has 110 valence electrons. The van der Waals surface area contributed by atoms with Gasteiger partial charge in [-0.2, -0.15) is 0 Å². The van der Waals surface area contributed by atoms with Gasteiger partial charge in [-0.05, 0) is 52.7 Å². The Hall–Kier alpha value is -1.84. The molecule has 0 unspecified atom stereocenters. The maximum absolute atomic E-state index is 11.9. The van der Waals surface area contributed by atoms with Crippen LogP contribution in [0.1, 0.15) is 54.7 Å². The van der Waals surface area contributed by atoms with E-state index in [9.17, 15) is 9.59 Å². The molecule has 0 heterocycles. The Kier molecular flexibility index (Phi) is 4.93. The molecule has 0 aliphatic rings. The van der Waals surface area contributed by atoms with Gasteiger partial charge in [0.05, 0.1) is 11.7 Å². The fourth-order valence-electron chi connectivity index (χ4n) is 2.20. The third-order valence-corrected chi connectivity index (χ3v) is 3.14. The molecular formula is C16H22O4. The fourth-order valence-corrected chi connectivity index (χ4v) is 2.20. The summed E-state index contributed by atoms with van der Waals surface area (Å²) in [5.74, 6) is 0.534. The lowest BCUT2D eigenvalue weighted by molar-refractivity contribution is -0.132. The van der Waals surface area contributed by atoms with Crippen LogP contribution in [0.4, 0.5) is 0 Å². The van der Waals surface area contributed by atoms with E-state index in [0.29, 0.717) is 22.6 Å². The Morgan fingerprint density at radius 1 is 0.900 bits per heavy atom. The highest BCUT2D eigenvalue weighted by Gasteiger charge is 2.23. The van der Waals surface area contributed by atoms with Crippen molar-refractivity contribution in [3.63, 3.8) is 0 Å². The molecule has 1 aromatic carbocycles. The van der Waals surface area contributed by atoms with Crippen LogP contribution in [0.5, 0.6) is 11.5 Å². The van der Waals surface area contributed by atoms with Gasteiger partial charge in [0.2, 0.25) is 0 Å². The molecule has 4 heteroatoms. The predicted octanol–water partition coefficient (Wildman–Crippen LogP) is 3.53. The molecule has 0 aromatic heterocycles. The molecule has 20 heavy (non-hydrogen) atoms. The molecule has 0 aliphatic carbocycles. The van der Waals surface area contributed by atoms with E-state index in [1.165, 1.54) is 13.8 Å². The van der Waals surface area contributed by atoms with E-state index in [0.717, 1.165) is 11.1 Å². The van der Waals surface area contributed by atoms with Crippen molar-refractivity contribution in [2.45, 2.75) is 54.6 Å². The average molecular weight is 278 g/mol. The molecule has 0 radical (unpaired) electrons. The van der Waals surface area contributed by atoms with Gasteiger partial charge in [0.1, 0.15) is 11.5 Å². The van der Waals surface area contributed by atoms with Gasteiger partial charge in [0, 0.05) is 12.5 Å². The van der Waals surface area contributed by atoms with Crippen molar-refractivity contribution in [1.82, 2.24) is 0 Å². The van der Waals surface area contributed by atoms with Crippen LogP contribution in [0.25, 0.3) is 0 Å². The number of hydrogen-bond donors (Lipinski definition) is 0. The van der Waals surface area contributed by atoms with E-state index in [1.54, 1.807) is 6.92 Å². The van der Waals surface area contributed by atoms with E-state index in [-0.39, 0.29) is 11.9 Å². The van der Waals surface area contributed by atoms with Crippen LogP contribution < -0.4 is 9.47 Å². The van der Waals surface area contributed by atoms with Crippen LogP contribution in [0.3, 0.4) is 0 Å². The number of benzene rings is 1. The molecule has 0 amide bonds. The Bertz CT molecular complexity index is 556. The summed E-state index contributed by atoms with van der Waals surface area (Å²) < 4.78 is 11.1. The molecular weight excluding hydrogens is 256 g/mol. The minimum absolute atomic E-state index is 0.0369. The first kappa shape index (κ1) is 16.2. The Labute approximate surface area is 120 Å². The quantitative estimate of drug-likeness (QED) is 0.480. The third-order valence-electron chi connectivity index (χ3n) is 3.14. The van der Waals surface area contributed by atoms with Gasteiger partial charge in [-0.1, -0.05) is 0 Å². The lowest BCUT2D eigenvalue weighted by Crippen LogP contribution is -2.15. The van der Waals surface area contributed by atoms with Gasteiger partial charge >= 0.3 is 5.97 Å². The summed E-state index contributed by atoms with van der Waals surface area (Å²) in [6, 6.07) is 0. The van der Waals surface area contributed by atoms with Crippen molar-refractivity contribution in [2.24, 2.45) is 0 Å². The summed E-state index contributed by atoms with van der Waals surface area (Å²) in [4.78, 5) is 23.2. The van der Waals surface area contributed by atoms with Gasteiger partial charge < -0.3 is 9.47 Å². The lowest BCUT2D eigenvalue weighted by atomic mass is 9.95. The van der Waals surface area contributed by atoms with E-state index in [4.69, 9.17) is 9.47 Å². The molecule has 0 saturated heterocycles. The third kappa shape index (κ3) is 3.18. The summed E-state index contributed by atoms with van der Waals surface area (Å²) >= 11 is 0. The van der Waals surface area contributed by atoms with Crippen LogP contribution in [0.2, 0.25) is 0 Å². The number of rotatable bonds is 4. The van der Waals surface area contributed by atoms with E-state index < -0.39 is 5.97 Å². The van der Waals surface area contributed by atoms with Crippen molar-refractivity contribution < 1.29 is 19.1 Å². The smallest absolute Gasteiger partial charge is 0.308 e. The number of ketones is 1. The highest BCUT2D eigenvalue weighted by Crippen LogP contribution is 2.38. The molecule has 0 bridgehead atoms. The summed E-state index contributed by atoms with van der Waals surface area (Å²) in [6.07, 6.45) is -0.0369. The van der Waals surface area contributed by atoms with E-state index in [1.807, 2.05) is 27.7 Å². The number of carbonyl (C=O) groups is 2. The summed E-state index contributed by atoms with van der Waals surface area (Å²) in [5.41, 5.74) is 2.77. The second-order valence-corrected chi connectivity index (χ2v) is 5.22. The first-order valence-corrected chi connectivity index (χ1v) is 6.66. The average Bonchev–Trinajstić information content (AvgIpc) is 2.30. The minimum Gasteiger partial charge on any atom is -0.490 e. The molecule has 4 nitrogen and oxygen atoms in total. The first-order valence-electron chi connectivity index (χ1n) is 6.66. The van der Waals surface area contributed by atoms with Crippen molar-refractivity contribution >= 4 is 11.8 Å². The van der Waals surface area contributed by atoms with Crippen LogP contribution in [-0.4, -0.2) is 17.9 Å². The molecule has 0 fully saturated rings. The Morgan fingerprint density at radius 2 is 1.40 bits per heavy atom. The lowest BCUT2D eigenvalue weighted by Gasteiger charge is -2.22. The molecule has 0 aliphatic heterocycles. The van der Waals surface area contributed by atoms with Gasteiger partial charge in [-0.3, -0.25) is 9.59 Å². The van der Waals surface area contributed by atoms with Crippen molar-refractivity contribution in [2.75, 3.05) is 0 Å². The maximum Gasteiger partial charge on any atom is 0.308 e. The van der Waals surface area contributed by atoms with Crippen LogP contribution in [-0.2, 0) is 4.79 Å². The Morgan fingerprint density at radius 3 is 1.80 bits per heavy atom. The molecule has 0 spiro atoms. The second kappa shape index (κ2) is 6.07. The zero-order valence-electron chi connectivity index (χ0n) is 13.2. The first-order chi connectivity index (χ1) is 9.16. The minimum atomic E-state index is -0.400. The number of ether oxygens (including phenoxy) is 2.